The molecule has 1 aromatic heterocycles. The Morgan fingerprint density at radius 2 is 2.12 bits per heavy atom. The highest BCUT2D eigenvalue weighted by atomic mass is 32.1. The van der Waals surface area contributed by atoms with Gasteiger partial charge < -0.3 is 5.73 Å². The van der Waals surface area contributed by atoms with E-state index in [0.29, 0.717) is 6.04 Å². The van der Waals surface area contributed by atoms with E-state index in [1.165, 1.54) is 49.8 Å². The molecule has 1 unspecified atom stereocenters. The summed E-state index contributed by atoms with van der Waals surface area (Å²) in [7, 11) is 0. The summed E-state index contributed by atoms with van der Waals surface area (Å²) in [6.45, 7) is 2.25. The van der Waals surface area contributed by atoms with Gasteiger partial charge in [-0.05, 0) is 43.7 Å². The van der Waals surface area contributed by atoms with Gasteiger partial charge in [-0.15, -0.1) is 11.3 Å². The van der Waals surface area contributed by atoms with Crippen molar-refractivity contribution in [3.05, 3.63) is 21.4 Å². The summed E-state index contributed by atoms with van der Waals surface area (Å²) >= 11 is 1.98. The molecule has 1 aromatic rings. The van der Waals surface area contributed by atoms with Crippen LogP contribution in [0.2, 0.25) is 0 Å². The van der Waals surface area contributed by atoms with E-state index in [2.05, 4.69) is 13.0 Å². The van der Waals surface area contributed by atoms with Crippen molar-refractivity contribution in [3.63, 3.8) is 0 Å². The number of unbranched alkanes of at least 4 members (excludes halogenated alkanes) is 2. The van der Waals surface area contributed by atoms with Crippen LogP contribution in [0.4, 0.5) is 0 Å². The molecule has 16 heavy (non-hydrogen) atoms. The minimum atomic E-state index is 0.294. The van der Waals surface area contributed by atoms with Crippen molar-refractivity contribution < 1.29 is 0 Å². The van der Waals surface area contributed by atoms with Gasteiger partial charge in [-0.1, -0.05) is 26.2 Å². The Kier molecular flexibility index (Phi) is 4.42. The van der Waals surface area contributed by atoms with Crippen molar-refractivity contribution in [2.24, 2.45) is 5.73 Å². The van der Waals surface area contributed by atoms with Gasteiger partial charge in [-0.25, -0.2) is 0 Å². The second kappa shape index (κ2) is 5.83. The zero-order chi connectivity index (χ0) is 11.4. The zero-order valence-electron chi connectivity index (χ0n) is 10.3. The van der Waals surface area contributed by atoms with Crippen molar-refractivity contribution in [2.75, 3.05) is 0 Å². The maximum Gasteiger partial charge on any atom is 0.0389 e. The molecule has 0 bridgehead atoms. The topological polar surface area (TPSA) is 26.0 Å². The summed E-state index contributed by atoms with van der Waals surface area (Å²) in [5.41, 5.74) is 7.85. The van der Waals surface area contributed by atoms with E-state index in [9.17, 15) is 0 Å². The third-order valence-electron chi connectivity index (χ3n) is 3.50. The second-order valence-corrected chi connectivity index (χ2v) is 6.07. The molecule has 1 nitrogen and oxygen atoms in total. The van der Waals surface area contributed by atoms with Crippen LogP contribution in [0.25, 0.3) is 0 Å². The van der Waals surface area contributed by atoms with Gasteiger partial charge in [0, 0.05) is 15.8 Å². The van der Waals surface area contributed by atoms with Crippen LogP contribution in [0.1, 0.15) is 66.8 Å². The fraction of sp³-hybridized carbons (Fsp3) is 0.714. The molecule has 0 amide bonds. The predicted molar refractivity (Wildman–Crippen MR) is 72.0 cm³/mol. The molecular weight excluding hydrogens is 214 g/mol. The molecule has 0 fully saturated rings. The van der Waals surface area contributed by atoms with E-state index in [4.69, 9.17) is 5.73 Å². The molecular formula is C14H23NS. The van der Waals surface area contributed by atoms with Gasteiger partial charge in [0.1, 0.15) is 0 Å². The van der Waals surface area contributed by atoms with Crippen LogP contribution < -0.4 is 5.73 Å². The van der Waals surface area contributed by atoms with Crippen LogP contribution >= 0.6 is 11.3 Å². The molecule has 1 aliphatic rings. The van der Waals surface area contributed by atoms with Gasteiger partial charge in [-0.2, -0.15) is 0 Å². The fourth-order valence-corrected chi connectivity index (χ4v) is 3.75. The van der Waals surface area contributed by atoms with E-state index in [0.717, 1.165) is 6.42 Å². The quantitative estimate of drug-likeness (QED) is 0.763. The Labute approximate surface area is 103 Å². The lowest BCUT2D eigenvalue weighted by Crippen LogP contribution is -2.08. The third-order valence-corrected chi connectivity index (χ3v) is 4.87. The third kappa shape index (κ3) is 2.86. The first-order valence-electron chi connectivity index (χ1n) is 6.68. The number of fused-ring (bicyclic) bond motifs is 1. The van der Waals surface area contributed by atoms with Crippen molar-refractivity contribution in [1.29, 1.82) is 0 Å². The highest BCUT2D eigenvalue weighted by Gasteiger charge is 2.16. The molecule has 0 saturated carbocycles. The summed E-state index contributed by atoms with van der Waals surface area (Å²) in [6, 6.07) is 2.68. The summed E-state index contributed by atoms with van der Waals surface area (Å²) in [5.74, 6) is 0. The van der Waals surface area contributed by atoms with Crippen molar-refractivity contribution in [2.45, 2.75) is 64.3 Å². The zero-order valence-corrected chi connectivity index (χ0v) is 11.1. The highest BCUT2D eigenvalue weighted by Crippen LogP contribution is 2.33. The summed E-state index contributed by atoms with van der Waals surface area (Å²) in [4.78, 5) is 3.05. The monoisotopic (exact) mass is 237 g/mol. The number of rotatable bonds is 5. The van der Waals surface area contributed by atoms with E-state index in [1.54, 1.807) is 10.4 Å². The average molecular weight is 237 g/mol. The standard InChI is InChI=1S/C14H23NS/c1-2-3-4-8-12(15)14-10-11-7-5-6-9-13(11)16-14/h10,12H,2-9,15H2,1H3. The number of thiophene rings is 1. The summed E-state index contributed by atoms with van der Waals surface area (Å²) in [6.07, 6.45) is 10.4. The number of hydrogen-bond acceptors (Lipinski definition) is 2. The molecule has 1 aliphatic carbocycles. The SMILES string of the molecule is CCCCCC(N)c1cc2c(s1)CCCC2. The van der Waals surface area contributed by atoms with Gasteiger partial charge in [0.2, 0.25) is 0 Å². The molecule has 0 spiro atoms. The number of hydrogen-bond donors (Lipinski definition) is 1. The van der Waals surface area contributed by atoms with Gasteiger partial charge in [-0.3, -0.25) is 0 Å². The lowest BCUT2D eigenvalue weighted by Gasteiger charge is -2.08. The molecule has 1 atom stereocenters. The Hall–Kier alpha value is -0.340. The van der Waals surface area contributed by atoms with E-state index in [1.807, 2.05) is 11.3 Å². The van der Waals surface area contributed by atoms with E-state index >= 15 is 0 Å². The van der Waals surface area contributed by atoms with Crippen LogP contribution in [0.15, 0.2) is 6.07 Å². The van der Waals surface area contributed by atoms with Gasteiger partial charge in [0.15, 0.2) is 0 Å². The lowest BCUT2D eigenvalue weighted by atomic mass is 9.98. The largest absolute Gasteiger partial charge is 0.323 e. The average Bonchev–Trinajstić information content (AvgIpc) is 2.73. The highest BCUT2D eigenvalue weighted by molar-refractivity contribution is 7.12. The molecule has 1 heterocycles. The van der Waals surface area contributed by atoms with Crippen molar-refractivity contribution >= 4 is 11.3 Å². The minimum Gasteiger partial charge on any atom is -0.323 e. The van der Waals surface area contributed by atoms with Crippen molar-refractivity contribution in [1.82, 2.24) is 0 Å². The normalized spacial score (nSPS) is 17.1. The van der Waals surface area contributed by atoms with Gasteiger partial charge in [0.25, 0.3) is 0 Å². The summed E-state index contributed by atoms with van der Waals surface area (Å²) in [5, 5.41) is 0. The first-order chi connectivity index (χ1) is 7.81. The summed E-state index contributed by atoms with van der Waals surface area (Å²) < 4.78 is 0. The molecule has 2 N–H and O–H groups in total. The van der Waals surface area contributed by atoms with Crippen LogP contribution in [-0.2, 0) is 12.8 Å². The Morgan fingerprint density at radius 3 is 2.88 bits per heavy atom. The molecule has 90 valence electrons. The van der Waals surface area contributed by atoms with Crippen molar-refractivity contribution in [3.8, 4) is 0 Å². The Morgan fingerprint density at radius 1 is 1.31 bits per heavy atom. The predicted octanol–water partition coefficient (Wildman–Crippen LogP) is 4.21. The van der Waals surface area contributed by atoms with Crippen LogP contribution in [0.5, 0.6) is 0 Å². The Bertz CT molecular complexity index is 306. The van der Waals surface area contributed by atoms with E-state index in [-0.39, 0.29) is 0 Å². The molecule has 0 radical (unpaired) electrons. The maximum atomic E-state index is 6.26. The molecule has 0 saturated heterocycles. The van der Waals surface area contributed by atoms with Crippen LogP contribution in [0, 0.1) is 0 Å². The second-order valence-electron chi connectivity index (χ2n) is 4.91. The first kappa shape index (κ1) is 12.1. The molecule has 0 aliphatic heterocycles. The van der Waals surface area contributed by atoms with E-state index < -0.39 is 0 Å². The van der Waals surface area contributed by atoms with Crippen LogP contribution in [-0.4, -0.2) is 0 Å². The maximum absolute atomic E-state index is 6.26. The lowest BCUT2D eigenvalue weighted by molar-refractivity contribution is 0.587. The molecule has 0 aromatic carbocycles. The van der Waals surface area contributed by atoms with Gasteiger partial charge in [0.05, 0.1) is 0 Å². The molecule has 2 heteroatoms. The Balaban J connectivity index is 1.95. The number of nitrogens with two attached hydrogens (primary N) is 1. The molecule has 2 rings (SSSR count). The first-order valence-corrected chi connectivity index (χ1v) is 7.50. The minimum absolute atomic E-state index is 0.294. The fourth-order valence-electron chi connectivity index (χ4n) is 2.45. The van der Waals surface area contributed by atoms with Gasteiger partial charge >= 0.3 is 0 Å². The smallest absolute Gasteiger partial charge is 0.0389 e. The van der Waals surface area contributed by atoms with Crippen LogP contribution in [0.3, 0.4) is 0 Å². The number of aryl methyl sites for hydroxylation is 2.